The van der Waals surface area contributed by atoms with E-state index in [-0.39, 0.29) is 11.3 Å². The van der Waals surface area contributed by atoms with Crippen LogP contribution < -0.4 is 5.32 Å². The van der Waals surface area contributed by atoms with Crippen LogP contribution in [0.2, 0.25) is 0 Å². The summed E-state index contributed by atoms with van der Waals surface area (Å²) >= 11 is 1.26. The molecule has 23 heavy (non-hydrogen) atoms. The Bertz CT molecular complexity index is 867. The van der Waals surface area contributed by atoms with Crippen LogP contribution in [-0.4, -0.2) is 27.0 Å². The van der Waals surface area contributed by atoms with Gasteiger partial charge >= 0.3 is 5.97 Å². The molecule has 0 atom stereocenters. The summed E-state index contributed by atoms with van der Waals surface area (Å²) in [6.07, 6.45) is 1.14. The van der Waals surface area contributed by atoms with E-state index in [0.29, 0.717) is 16.6 Å². The molecular weight excluding hydrogens is 318 g/mol. The van der Waals surface area contributed by atoms with Gasteiger partial charge in [-0.05, 0) is 31.2 Å². The molecule has 0 saturated heterocycles. The molecule has 1 amide bonds. The standard InChI is InChI=1S/C15H11N3O4S/c1-8-2-5-12(22-8)11-7-23-15(17-11)18-13(19)10-4-3-9(6-16-10)14(20)21/h2-7H,1H3,(H,20,21)(H,17,18,19). The van der Waals surface area contributed by atoms with E-state index in [1.807, 2.05) is 19.1 Å². The molecule has 3 rings (SSSR count). The number of hydrogen-bond acceptors (Lipinski definition) is 6. The highest BCUT2D eigenvalue weighted by Crippen LogP contribution is 2.26. The quantitative estimate of drug-likeness (QED) is 0.762. The first-order valence-electron chi connectivity index (χ1n) is 6.56. The number of aromatic carboxylic acids is 1. The number of aromatic nitrogens is 2. The molecule has 0 saturated carbocycles. The van der Waals surface area contributed by atoms with Crippen LogP contribution in [0.5, 0.6) is 0 Å². The average Bonchev–Trinajstić information content (AvgIpc) is 3.16. The van der Waals surface area contributed by atoms with Gasteiger partial charge in [0, 0.05) is 11.6 Å². The van der Waals surface area contributed by atoms with Gasteiger partial charge < -0.3 is 9.52 Å². The van der Waals surface area contributed by atoms with E-state index in [9.17, 15) is 9.59 Å². The minimum atomic E-state index is -1.09. The van der Waals surface area contributed by atoms with Crippen LogP contribution in [0.25, 0.3) is 11.5 Å². The predicted molar refractivity (Wildman–Crippen MR) is 83.7 cm³/mol. The van der Waals surface area contributed by atoms with E-state index in [1.165, 1.54) is 23.5 Å². The maximum absolute atomic E-state index is 12.1. The Morgan fingerprint density at radius 2 is 2.09 bits per heavy atom. The number of rotatable bonds is 4. The summed E-state index contributed by atoms with van der Waals surface area (Å²) in [5.41, 5.74) is 0.763. The number of aryl methyl sites for hydroxylation is 1. The number of carboxylic acid groups (broad SMARTS) is 1. The van der Waals surface area contributed by atoms with Crippen LogP contribution in [0.15, 0.2) is 40.3 Å². The minimum absolute atomic E-state index is 0.0197. The minimum Gasteiger partial charge on any atom is -0.478 e. The zero-order valence-corrected chi connectivity index (χ0v) is 12.8. The van der Waals surface area contributed by atoms with Crippen molar-refractivity contribution in [3.8, 4) is 11.5 Å². The highest BCUT2D eigenvalue weighted by Gasteiger charge is 2.13. The fraction of sp³-hybridized carbons (Fsp3) is 0.0667. The molecule has 0 unspecified atom stereocenters. The number of pyridine rings is 1. The van der Waals surface area contributed by atoms with Crippen molar-refractivity contribution in [2.24, 2.45) is 0 Å². The van der Waals surface area contributed by atoms with Crippen LogP contribution in [0.3, 0.4) is 0 Å². The molecule has 0 fully saturated rings. The zero-order valence-electron chi connectivity index (χ0n) is 11.9. The molecule has 0 radical (unpaired) electrons. The smallest absolute Gasteiger partial charge is 0.337 e. The lowest BCUT2D eigenvalue weighted by Crippen LogP contribution is -2.14. The molecule has 0 aliphatic carbocycles. The summed E-state index contributed by atoms with van der Waals surface area (Å²) in [6.45, 7) is 1.84. The summed E-state index contributed by atoms with van der Waals surface area (Å²) in [5.74, 6) is -0.147. The summed E-state index contributed by atoms with van der Waals surface area (Å²) in [7, 11) is 0. The van der Waals surface area contributed by atoms with Crippen LogP contribution in [0, 0.1) is 6.92 Å². The number of furan rings is 1. The molecule has 0 spiro atoms. The first-order chi connectivity index (χ1) is 11.0. The summed E-state index contributed by atoms with van der Waals surface area (Å²) < 4.78 is 5.47. The van der Waals surface area contributed by atoms with Crippen LogP contribution >= 0.6 is 11.3 Å². The molecule has 7 nitrogen and oxygen atoms in total. The molecule has 8 heteroatoms. The maximum Gasteiger partial charge on any atom is 0.337 e. The van der Waals surface area contributed by atoms with Crippen molar-refractivity contribution in [1.82, 2.24) is 9.97 Å². The second-order valence-electron chi connectivity index (χ2n) is 4.64. The zero-order chi connectivity index (χ0) is 16.4. The molecule has 3 aromatic rings. The topological polar surface area (TPSA) is 105 Å². The molecule has 116 valence electrons. The number of anilines is 1. The van der Waals surface area contributed by atoms with Gasteiger partial charge in [0.1, 0.15) is 17.1 Å². The van der Waals surface area contributed by atoms with Crippen LogP contribution in [0.4, 0.5) is 5.13 Å². The highest BCUT2D eigenvalue weighted by molar-refractivity contribution is 7.14. The Morgan fingerprint density at radius 3 is 2.70 bits per heavy atom. The van der Waals surface area contributed by atoms with Gasteiger partial charge in [-0.1, -0.05) is 0 Å². The lowest BCUT2D eigenvalue weighted by atomic mass is 10.2. The van der Waals surface area contributed by atoms with Gasteiger partial charge in [0.15, 0.2) is 10.9 Å². The molecular formula is C15H11N3O4S. The van der Waals surface area contributed by atoms with E-state index in [0.717, 1.165) is 12.0 Å². The second-order valence-corrected chi connectivity index (χ2v) is 5.50. The van der Waals surface area contributed by atoms with Gasteiger partial charge in [-0.25, -0.2) is 9.78 Å². The summed E-state index contributed by atoms with van der Waals surface area (Å²) in [5, 5.41) is 13.6. The number of amides is 1. The fourth-order valence-electron chi connectivity index (χ4n) is 1.83. The van der Waals surface area contributed by atoms with Crippen molar-refractivity contribution in [1.29, 1.82) is 0 Å². The molecule has 0 bridgehead atoms. The normalized spacial score (nSPS) is 10.5. The Hall–Kier alpha value is -3.00. The Morgan fingerprint density at radius 1 is 1.26 bits per heavy atom. The monoisotopic (exact) mass is 329 g/mol. The molecule has 3 heterocycles. The average molecular weight is 329 g/mol. The third-order valence-corrected chi connectivity index (χ3v) is 3.72. The number of thiazole rings is 1. The third-order valence-electron chi connectivity index (χ3n) is 2.96. The van der Waals surface area contributed by atoms with Gasteiger partial charge in [0.25, 0.3) is 5.91 Å². The first-order valence-corrected chi connectivity index (χ1v) is 7.44. The van der Waals surface area contributed by atoms with Gasteiger partial charge in [0.2, 0.25) is 0 Å². The van der Waals surface area contributed by atoms with Crippen molar-refractivity contribution in [2.75, 3.05) is 5.32 Å². The molecule has 2 N–H and O–H groups in total. The molecule has 0 aromatic carbocycles. The molecule has 3 aromatic heterocycles. The summed E-state index contributed by atoms with van der Waals surface area (Å²) in [6, 6.07) is 6.31. The van der Waals surface area contributed by atoms with Crippen LogP contribution in [-0.2, 0) is 0 Å². The Labute approximate surface area is 134 Å². The lowest BCUT2D eigenvalue weighted by molar-refractivity contribution is 0.0696. The second kappa shape index (κ2) is 6.01. The Kier molecular flexibility index (Phi) is 3.90. The number of nitrogens with one attached hydrogen (secondary N) is 1. The van der Waals surface area contributed by atoms with Crippen molar-refractivity contribution >= 4 is 28.3 Å². The number of nitrogens with zero attached hydrogens (tertiary/aromatic N) is 2. The van der Waals surface area contributed by atoms with E-state index in [2.05, 4.69) is 15.3 Å². The molecule has 0 aliphatic rings. The van der Waals surface area contributed by atoms with E-state index < -0.39 is 11.9 Å². The van der Waals surface area contributed by atoms with E-state index in [4.69, 9.17) is 9.52 Å². The van der Waals surface area contributed by atoms with Gasteiger partial charge in [-0.3, -0.25) is 15.1 Å². The number of carbonyl (C=O) groups excluding carboxylic acids is 1. The van der Waals surface area contributed by atoms with Gasteiger partial charge in [-0.2, -0.15) is 0 Å². The fourth-order valence-corrected chi connectivity index (χ4v) is 2.53. The summed E-state index contributed by atoms with van der Waals surface area (Å²) in [4.78, 5) is 30.9. The van der Waals surface area contributed by atoms with E-state index in [1.54, 1.807) is 5.38 Å². The largest absolute Gasteiger partial charge is 0.478 e. The maximum atomic E-state index is 12.1. The number of carbonyl (C=O) groups is 2. The third kappa shape index (κ3) is 3.27. The highest BCUT2D eigenvalue weighted by atomic mass is 32.1. The van der Waals surface area contributed by atoms with Crippen LogP contribution in [0.1, 0.15) is 26.6 Å². The molecule has 0 aliphatic heterocycles. The Balaban J connectivity index is 1.73. The van der Waals surface area contributed by atoms with Crippen molar-refractivity contribution in [3.63, 3.8) is 0 Å². The SMILES string of the molecule is Cc1ccc(-c2csc(NC(=O)c3ccc(C(=O)O)cn3)n2)o1. The first kappa shape index (κ1) is 14.9. The van der Waals surface area contributed by atoms with E-state index >= 15 is 0 Å². The van der Waals surface area contributed by atoms with Gasteiger partial charge in [-0.15, -0.1) is 11.3 Å². The van der Waals surface area contributed by atoms with Gasteiger partial charge in [0.05, 0.1) is 5.56 Å². The lowest BCUT2D eigenvalue weighted by Gasteiger charge is -2.01. The number of hydrogen-bond donors (Lipinski definition) is 2. The predicted octanol–water partition coefficient (Wildman–Crippen LogP) is 3.06. The van der Waals surface area contributed by atoms with Crippen molar-refractivity contribution < 1.29 is 19.1 Å². The van der Waals surface area contributed by atoms with Crippen molar-refractivity contribution in [2.45, 2.75) is 6.92 Å². The number of carboxylic acids is 1. The van der Waals surface area contributed by atoms with Crippen molar-refractivity contribution in [3.05, 3.63) is 52.9 Å².